The lowest BCUT2D eigenvalue weighted by atomic mass is 9.93. The molecule has 0 radical (unpaired) electrons. The minimum Gasteiger partial charge on any atom is -0.320 e. The zero-order valence-electron chi connectivity index (χ0n) is 9.91. The van der Waals surface area contributed by atoms with Crippen molar-refractivity contribution in [2.45, 2.75) is 26.7 Å². The van der Waals surface area contributed by atoms with E-state index in [9.17, 15) is 8.42 Å². The predicted octanol–water partition coefficient (Wildman–Crippen LogP) is 0.658. The molecule has 0 aromatic carbocycles. The van der Waals surface area contributed by atoms with Crippen LogP contribution in [-0.2, 0) is 10.0 Å². The van der Waals surface area contributed by atoms with Gasteiger partial charge in [0.2, 0.25) is 10.0 Å². The second-order valence-corrected chi connectivity index (χ2v) is 7.11. The van der Waals surface area contributed by atoms with Crippen molar-refractivity contribution < 1.29 is 8.42 Å². The molecule has 0 atom stereocenters. The summed E-state index contributed by atoms with van der Waals surface area (Å²) in [4.78, 5) is 0. The average Bonchev–Trinajstić information content (AvgIpc) is 2.47. The van der Waals surface area contributed by atoms with Crippen molar-refractivity contribution in [3.63, 3.8) is 0 Å². The summed E-state index contributed by atoms with van der Waals surface area (Å²) >= 11 is 0. The van der Waals surface area contributed by atoms with Gasteiger partial charge in [-0.1, -0.05) is 13.8 Å². The van der Waals surface area contributed by atoms with Crippen molar-refractivity contribution >= 4 is 10.0 Å². The van der Waals surface area contributed by atoms with Gasteiger partial charge in [0.1, 0.15) is 0 Å². The maximum atomic E-state index is 11.9. The minimum absolute atomic E-state index is 0.149. The lowest BCUT2D eigenvalue weighted by Gasteiger charge is -2.19. The van der Waals surface area contributed by atoms with Crippen LogP contribution in [0, 0.1) is 5.41 Å². The molecule has 15 heavy (non-hydrogen) atoms. The number of sulfonamides is 1. The van der Waals surface area contributed by atoms with E-state index in [1.54, 1.807) is 4.31 Å². The third kappa shape index (κ3) is 3.74. The standard InChI is InChI=1S/C10H22N2O2S/c1-10(2)5-7-12(9-10)15(13,14)8-4-6-11-3/h11H,4-9H2,1-3H3. The Labute approximate surface area is 93.1 Å². The van der Waals surface area contributed by atoms with Crippen molar-refractivity contribution in [3.8, 4) is 0 Å². The van der Waals surface area contributed by atoms with Crippen LogP contribution < -0.4 is 5.32 Å². The Hall–Kier alpha value is -0.130. The summed E-state index contributed by atoms with van der Waals surface area (Å²) in [5, 5.41) is 2.96. The molecule has 0 amide bonds. The predicted molar refractivity (Wildman–Crippen MR) is 62.3 cm³/mol. The Balaban J connectivity index is 2.49. The van der Waals surface area contributed by atoms with Gasteiger partial charge in [-0.3, -0.25) is 0 Å². The topological polar surface area (TPSA) is 49.4 Å². The highest BCUT2D eigenvalue weighted by Gasteiger charge is 2.35. The van der Waals surface area contributed by atoms with E-state index in [-0.39, 0.29) is 11.2 Å². The molecule has 0 aliphatic carbocycles. The molecule has 90 valence electrons. The van der Waals surface area contributed by atoms with E-state index in [4.69, 9.17) is 0 Å². The summed E-state index contributed by atoms with van der Waals surface area (Å²) in [5.74, 6) is 0.268. The zero-order chi connectivity index (χ0) is 11.5. The van der Waals surface area contributed by atoms with Gasteiger partial charge in [-0.25, -0.2) is 12.7 Å². The molecule has 0 aromatic rings. The van der Waals surface area contributed by atoms with Crippen molar-refractivity contribution in [1.82, 2.24) is 9.62 Å². The van der Waals surface area contributed by atoms with Gasteiger partial charge >= 0.3 is 0 Å². The molecule has 1 fully saturated rings. The number of hydrogen-bond donors (Lipinski definition) is 1. The van der Waals surface area contributed by atoms with Crippen LogP contribution in [-0.4, -0.2) is 45.2 Å². The molecule has 0 aromatic heterocycles. The Morgan fingerprint density at radius 3 is 2.53 bits per heavy atom. The summed E-state index contributed by atoms with van der Waals surface area (Å²) in [6.07, 6.45) is 1.66. The van der Waals surface area contributed by atoms with E-state index < -0.39 is 10.0 Å². The maximum absolute atomic E-state index is 11.9. The molecular weight excluding hydrogens is 212 g/mol. The van der Waals surface area contributed by atoms with E-state index in [0.29, 0.717) is 19.5 Å². The van der Waals surface area contributed by atoms with E-state index >= 15 is 0 Å². The Kier molecular flexibility index (Phi) is 4.14. The summed E-state index contributed by atoms with van der Waals surface area (Å²) in [6, 6.07) is 0. The van der Waals surface area contributed by atoms with Gasteiger partial charge < -0.3 is 5.32 Å². The Morgan fingerprint density at radius 2 is 2.07 bits per heavy atom. The SMILES string of the molecule is CNCCCS(=O)(=O)N1CCC(C)(C)C1. The molecule has 1 rings (SSSR count). The molecule has 4 nitrogen and oxygen atoms in total. The lowest BCUT2D eigenvalue weighted by Crippen LogP contribution is -2.33. The van der Waals surface area contributed by atoms with E-state index in [1.165, 1.54) is 0 Å². The number of nitrogens with one attached hydrogen (secondary N) is 1. The molecule has 0 bridgehead atoms. The van der Waals surface area contributed by atoms with E-state index in [2.05, 4.69) is 19.2 Å². The maximum Gasteiger partial charge on any atom is 0.214 e. The summed E-state index contributed by atoms with van der Waals surface area (Å²) in [6.45, 7) is 6.37. The van der Waals surface area contributed by atoms with Gasteiger partial charge in [0, 0.05) is 13.1 Å². The van der Waals surface area contributed by atoms with Crippen LogP contribution in [0.1, 0.15) is 26.7 Å². The fraction of sp³-hybridized carbons (Fsp3) is 1.00. The second-order valence-electron chi connectivity index (χ2n) is 5.02. The van der Waals surface area contributed by atoms with Gasteiger partial charge in [-0.15, -0.1) is 0 Å². The van der Waals surface area contributed by atoms with Crippen LogP contribution in [0.5, 0.6) is 0 Å². The summed E-state index contributed by atoms with van der Waals surface area (Å²) < 4.78 is 25.4. The van der Waals surface area contributed by atoms with Crippen molar-refractivity contribution in [2.24, 2.45) is 5.41 Å². The fourth-order valence-corrected chi connectivity index (χ4v) is 3.54. The minimum atomic E-state index is -3.01. The highest BCUT2D eigenvalue weighted by molar-refractivity contribution is 7.89. The van der Waals surface area contributed by atoms with Crippen LogP contribution >= 0.6 is 0 Å². The molecule has 0 saturated carbocycles. The van der Waals surface area contributed by atoms with Gasteiger partial charge in [0.15, 0.2) is 0 Å². The Bertz CT molecular complexity index is 299. The van der Waals surface area contributed by atoms with E-state index in [0.717, 1.165) is 13.0 Å². The highest BCUT2D eigenvalue weighted by Crippen LogP contribution is 2.30. The van der Waals surface area contributed by atoms with Crippen molar-refractivity contribution in [1.29, 1.82) is 0 Å². The number of nitrogens with zero attached hydrogens (tertiary/aromatic N) is 1. The van der Waals surface area contributed by atoms with Crippen molar-refractivity contribution in [2.75, 3.05) is 32.4 Å². The van der Waals surface area contributed by atoms with Gasteiger partial charge in [-0.2, -0.15) is 0 Å². The Morgan fingerprint density at radius 1 is 1.40 bits per heavy atom. The number of hydrogen-bond acceptors (Lipinski definition) is 3. The molecule has 1 aliphatic rings. The lowest BCUT2D eigenvalue weighted by molar-refractivity contribution is 0.375. The van der Waals surface area contributed by atoms with Crippen LogP contribution in [0.4, 0.5) is 0 Å². The normalized spacial score (nSPS) is 22.1. The average molecular weight is 234 g/mol. The molecule has 1 aliphatic heterocycles. The van der Waals surface area contributed by atoms with Crippen LogP contribution in [0.15, 0.2) is 0 Å². The van der Waals surface area contributed by atoms with Crippen LogP contribution in [0.2, 0.25) is 0 Å². The van der Waals surface area contributed by atoms with Crippen molar-refractivity contribution in [3.05, 3.63) is 0 Å². The largest absolute Gasteiger partial charge is 0.320 e. The van der Waals surface area contributed by atoms with E-state index in [1.807, 2.05) is 7.05 Å². The first-order chi connectivity index (χ1) is 6.87. The van der Waals surface area contributed by atoms with Gasteiger partial charge in [0.25, 0.3) is 0 Å². The first-order valence-corrected chi connectivity index (χ1v) is 7.11. The molecule has 1 saturated heterocycles. The smallest absolute Gasteiger partial charge is 0.214 e. The molecule has 0 spiro atoms. The third-order valence-corrected chi connectivity index (χ3v) is 4.77. The highest BCUT2D eigenvalue weighted by atomic mass is 32.2. The van der Waals surface area contributed by atoms with Gasteiger partial charge in [-0.05, 0) is 31.8 Å². The monoisotopic (exact) mass is 234 g/mol. The first kappa shape index (κ1) is 12.9. The van der Waals surface area contributed by atoms with Crippen LogP contribution in [0.25, 0.3) is 0 Å². The molecule has 5 heteroatoms. The molecule has 1 heterocycles. The molecule has 0 unspecified atom stereocenters. The summed E-state index contributed by atoms with van der Waals surface area (Å²) in [7, 11) is -1.17. The first-order valence-electron chi connectivity index (χ1n) is 5.50. The third-order valence-electron chi connectivity index (χ3n) is 2.86. The summed E-state index contributed by atoms with van der Waals surface area (Å²) in [5.41, 5.74) is 0.149. The fourth-order valence-electron chi connectivity index (χ4n) is 1.86. The number of rotatable bonds is 5. The van der Waals surface area contributed by atoms with Crippen LogP contribution in [0.3, 0.4) is 0 Å². The second kappa shape index (κ2) is 4.80. The molecular formula is C10H22N2O2S. The van der Waals surface area contributed by atoms with Gasteiger partial charge in [0.05, 0.1) is 5.75 Å². The quantitative estimate of drug-likeness (QED) is 0.711. The molecule has 1 N–H and O–H groups in total. The zero-order valence-corrected chi connectivity index (χ0v) is 10.7.